The number of hydrogen-bond acceptors (Lipinski definition) is 5. The van der Waals surface area contributed by atoms with Gasteiger partial charge in [-0.25, -0.2) is 0 Å². The molecule has 0 saturated heterocycles. The van der Waals surface area contributed by atoms with E-state index in [4.69, 9.17) is 15.0 Å². The quantitative estimate of drug-likeness (QED) is 0.927. The van der Waals surface area contributed by atoms with Gasteiger partial charge in [0, 0.05) is 19.1 Å². The van der Waals surface area contributed by atoms with Crippen molar-refractivity contribution in [1.29, 1.82) is 0 Å². The molecule has 2 atom stereocenters. The van der Waals surface area contributed by atoms with Crippen molar-refractivity contribution < 1.29 is 9.26 Å². The number of methoxy groups -OCH3 is 1. The Kier molecular flexibility index (Phi) is 3.82. The van der Waals surface area contributed by atoms with Crippen LogP contribution < -0.4 is 5.73 Å². The summed E-state index contributed by atoms with van der Waals surface area (Å²) >= 11 is 0. The minimum absolute atomic E-state index is 0.275. The van der Waals surface area contributed by atoms with Crippen molar-refractivity contribution in [2.75, 3.05) is 7.11 Å². The van der Waals surface area contributed by atoms with E-state index < -0.39 is 0 Å². The smallest absolute Gasteiger partial charge is 0.229 e. The minimum atomic E-state index is -0.363. The van der Waals surface area contributed by atoms with Gasteiger partial charge in [0.15, 0.2) is 0 Å². The molecule has 2 aliphatic carbocycles. The van der Waals surface area contributed by atoms with Crippen LogP contribution in [0.3, 0.4) is 0 Å². The molecule has 0 radical (unpaired) electrons. The van der Waals surface area contributed by atoms with Gasteiger partial charge in [0.25, 0.3) is 0 Å². The molecular weight excluding hydrogens is 266 g/mol. The first kappa shape index (κ1) is 15.0. The number of aromatic nitrogens is 2. The predicted octanol–water partition coefficient (Wildman–Crippen LogP) is 3.11. The zero-order valence-electron chi connectivity index (χ0n) is 13.4. The summed E-state index contributed by atoms with van der Waals surface area (Å²) in [5.41, 5.74) is 6.00. The van der Waals surface area contributed by atoms with Crippen LogP contribution in [0.25, 0.3) is 0 Å². The monoisotopic (exact) mass is 293 g/mol. The van der Waals surface area contributed by atoms with Crippen LogP contribution in [0.1, 0.15) is 76.4 Å². The second-order valence-corrected chi connectivity index (χ2v) is 7.59. The Morgan fingerprint density at radius 1 is 1.19 bits per heavy atom. The third-order valence-electron chi connectivity index (χ3n) is 5.47. The molecule has 0 aliphatic heterocycles. The van der Waals surface area contributed by atoms with Crippen LogP contribution >= 0.6 is 0 Å². The first-order chi connectivity index (χ1) is 9.94. The highest BCUT2D eigenvalue weighted by Crippen LogP contribution is 2.46. The van der Waals surface area contributed by atoms with Gasteiger partial charge < -0.3 is 15.0 Å². The fourth-order valence-electron chi connectivity index (χ4n) is 3.68. The van der Waals surface area contributed by atoms with E-state index in [9.17, 15) is 0 Å². The van der Waals surface area contributed by atoms with E-state index >= 15 is 0 Å². The van der Waals surface area contributed by atoms with Crippen LogP contribution in [-0.4, -0.2) is 23.3 Å². The zero-order chi connectivity index (χ0) is 15.1. The average molecular weight is 293 g/mol. The molecule has 1 aromatic rings. The van der Waals surface area contributed by atoms with Gasteiger partial charge >= 0.3 is 0 Å². The van der Waals surface area contributed by atoms with Crippen molar-refractivity contribution in [3.05, 3.63) is 11.7 Å². The van der Waals surface area contributed by atoms with E-state index in [2.05, 4.69) is 24.0 Å². The SMILES string of the molecule is COC1(c2noc([C@@H]3CC[C@H](N)C3)n2)CCC(C)(C)CC1. The number of ether oxygens (including phenoxy) is 1. The second-order valence-electron chi connectivity index (χ2n) is 7.59. The van der Waals surface area contributed by atoms with Crippen LogP contribution in [-0.2, 0) is 10.3 Å². The molecule has 118 valence electrons. The summed E-state index contributed by atoms with van der Waals surface area (Å²) in [4.78, 5) is 4.68. The fourth-order valence-corrected chi connectivity index (χ4v) is 3.68. The standard InChI is InChI=1S/C16H27N3O2/c1-15(2)6-8-16(20-3,9-7-15)14-18-13(21-19-14)11-4-5-12(17)10-11/h11-12H,4-10,17H2,1-3H3/t11-,12+/m1/s1. The molecule has 0 spiro atoms. The molecule has 2 saturated carbocycles. The minimum Gasteiger partial charge on any atom is -0.370 e. The number of rotatable bonds is 3. The maximum absolute atomic E-state index is 5.98. The lowest BCUT2D eigenvalue weighted by atomic mass is 9.70. The first-order valence-electron chi connectivity index (χ1n) is 8.09. The van der Waals surface area contributed by atoms with Crippen LogP contribution in [0, 0.1) is 5.41 Å². The van der Waals surface area contributed by atoms with E-state index in [0.717, 1.165) is 56.7 Å². The maximum Gasteiger partial charge on any atom is 0.229 e. The van der Waals surface area contributed by atoms with Gasteiger partial charge in [-0.3, -0.25) is 0 Å². The molecule has 5 heteroatoms. The zero-order valence-corrected chi connectivity index (χ0v) is 13.4. The van der Waals surface area contributed by atoms with Gasteiger partial charge in [0.2, 0.25) is 11.7 Å². The second kappa shape index (κ2) is 5.36. The number of nitrogens with two attached hydrogens (primary N) is 1. The third kappa shape index (κ3) is 2.86. The molecule has 1 heterocycles. The molecule has 2 fully saturated rings. The van der Waals surface area contributed by atoms with Crippen molar-refractivity contribution in [1.82, 2.24) is 10.1 Å². The van der Waals surface area contributed by atoms with Gasteiger partial charge in [-0.2, -0.15) is 4.98 Å². The van der Waals surface area contributed by atoms with Crippen LogP contribution in [0.5, 0.6) is 0 Å². The van der Waals surface area contributed by atoms with Gasteiger partial charge in [0.05, 0.1) is 0 Å². The van der Waals surface area contributed by atoms with Crippen molar-refractivity contribution >= 4 is 0 Å². The third-order valence-corrected chi connectivity index (χ3v) is 5.47. The van der Waals surface area contributed by atoms with E-state index in [-0.39, 0.29) is 11.6 Å². The van der Waals surface area contributed by atoms with Crippen LogP contribution in [0.2, 0.25) is 0 Å². The average Bonchev–Trinajstić information content (AvgIpc) is 3.08. The molecule has 0 aromatic carbocycles. The molecule has 3 rings (SSSR count). The molecule has 0 unspecified atom stereocenters. The molecule has 2 N–H and O–H groups in total. The van der Waals surface area contributed by atoms with E-state index in [1.54, 1.807) is 7.11 Å². The summed E-state index contributed by atoms with van der Waals surface area (Å²) in [7, 11) is 1.76. The molecule has 21 heavy (non-hydrogen) atoms. The Balaban J connectivity index is 1.78. The number of nitrogens with zero attached hydrogens (tertiary/aromatic N) is 2. The summed E-state index contributed by atoms with van der Waals surface area (Å²) in [5, 5.41) is 4.25. The van der Waals surface area contributed by atoms with Crippen LogP contribution in [0.4, 0.5) is 0 Å². The van der Waals surface area contributed by atoms with Gasteiger partial charge in [-0.1, -0.05) is 19.0 Å². The predicted molar refractivity (Wildman–Crippen MR) is 79.8 cm³/mol. The lowest BCUT2D eigenvalue weighted by Gasteiger charge is -2.40. The summed E-state index contributed by atoms with van der Waals surface area (Å²) in [6, 6.07) is 0.275. The van der Waals surface area contributed by atoms with E-state index in [1.165, 1.54) is 0 Å². The van der Waals surface area contributed by atoms with Gasteiger partial charge in [-0.15, -0.1) is 0 Å². The summed E-state index contributed by atoms with van der Waals surface area (Å²) in [5.74, 6) is 1.81. The maximum atomic E-state index is 5.98. The summed E-state index contributed by atoms with van der Waals surface area (Å²) in [6.07, 6.45) is 7.22. The highest BCUT2D eigenvalue weighted by Gasteiger charge is 2.43. The first-order valence-corrected chi connectivity index (χ1v) is 8.09. The topological polar surface area (TPSA) is 74.2 Å². The van der Waals surface area contributed by atoms with E-state index in [0.29, 0.717) is 11.3 Å². The largest absolute Gasteiger partial charge is 0.370 e. The Morgan fingerprint density at radius 2 is 1.90 bits per heavy atom. The lowest BCUT2D eigenvalue weighted by Crippen LogP contribution is -2.37. The summed E-state index contributed by atoms with van der Waals surface area (Å²) < 4.78 is 11.4. The Morgan fingerprint density at radius 3 is 2.48 bits per heavy atom. The van der Waals surface area contributed by atoms with Gasteiger partial charge in [0.1, 0.15) is 5.60 Å². The Hall–Kier alpha value is -0.940. The molecular formula is C16H27N3O2. The Bertz CT molecular complexity index is 487. The molecule has 0 amide bonds. The molecule has 0 bridgehead atoms. The normalized spacial score (nSPS) is 31.4. The van der Waals surface area contributed by atoms with E-state index in [1.807, 2.05) is 0 Å². The molecule has 5 nitrogen and oxygen atoms in total. The summed E-state index contributed by atoms with van der Waals surface area (Å²) in [6.45, 7) is 4.63. The Labute approximate surface area is 126 Å². The van der Waals surface area contributed by atoms with Crippen molar-refractivity contribution in [3.63, 3.8) is 0 Å². The van der Waals surface area contributed by atoms with Crippen molar-refractivity contribution in [3.8, 4) is 0 Å². The fraction of sp³-hybridized carbons (Fsp3) is 0.875. The highest BCUT2D eigenvalue weighted by atomic mass is 16.5. The van der Waals surface area contributed by atoms with Crippen molar-refractivity contribution in [2.45, 2.75) is 76.4 Å². The highest BCUT2D eigenvalue weighted by molar-refractivity contribution is 5.08. The molecule has 1 aromatic heterocycles. The lowest BCUT2D eigenvalue weighted by molar-refractivity contribution is -0.0740. The molecule has 2 aliphatic rings. The van der Waals surface area contributed by atoms with Crippen LogP contribution in [0.15, 0.2) is 4.52 Å². The van der Waals surface area contributed by atoms with Gasteiger partial charge in [-0.05, 0) is 50.4 Å². The van der Waals surface area contributed by atoms with Crippen molar-refractivity contribution in [2.24, 2.45) is 11.1 Å². The number of hydrogen-bond donors (Lipinski definition) is 1.